The van der Waals surface area contributed by atoms with Crippen molar-refractivity contribution in [3.63, 3.8) is 0 Å². The highest BCUT2D eigenvalue weighted by molar-refractivity contribution is 5.71. The number of hydrogen-bond acceptors (Lipinski definition) is 6. The smallest absolute Gasteiger partial charge is 0.306 e. The van der Waals surface area contributed by atoms with E-state index in [4.69, 9.17) is 14.2 Å². The van der Waals surface area contributed by atoms with E-state index in [-0.39, 0.29) is 37.5 Å². The fourth-order valence-corrected chi connectivity index (χ4v) is 9.76. The SMILES string of the molecule is CC/C=C\C/C=C\C/C=C\C/C=C\C/C=C\CCCC(=O)OCC(COC(=O)CCCCCCCCCCCCCCC/C=C\CCCCCCCCCC)OC(=O)CCCCCCCCCCC/C=C\CCCCCCCC. The lowest BCUT2D eigenvalue weighted by Crippen LogP contribution is -2.30. The Bertz CT molecular complexity index is 1500. The van der Waals surface area contributed by atoms with Crippen molar-refractivity contribution in [3.8, 4) is 0 Å². The molecule has 0 fully saturated rings. The second-order valence-electron chi connectivity index (χ2n) is 22.7. The molecule has 0 rings (SSSR count). The molecule has 79 heavy (non-hydrogen) atoms. The highest BCUT2D eigenvalue weighted by Gasteiger charge is 2.19. The normalized spacial score (nSPS) is 12.6. The lowest BCUT2D eigenvalue weighted by molar-refractivity contribution is -0.167. The molecule has 0 bridgehead atoms. The minimum absolute atomic E-state index is 0.0931. The molecular weight excluding hydrogens is 973 g/mol. The lowest BCUT2D eigenvalue weighted by Gasteiger charge is -2.18. The van der Waals surface area contributed by atoms with E-state index >= 15 is 0 Å². The van der Waals surface area contributed by atoms with E-state index in [2.05, 4.69) is 106 Å². The molecule has 6 heteroatoms. The maximum Gasteiger partial charge on any atom is 0.306 e. The Morgan fingerprint density at radius 3 is 0.835 bits per heavy atom. The van der Waals surface area contributed by atoms with Crippen LogP contribution in [-0.2, 0) is 28.6 Å². The van der Waals surface area contributed by atoms with Gasteiger partial charge in [0, 0.05) is 19.3 Å². The number of carbonyl (C=O) groups is 3. The van der Waals surface area contributed by atoms with Crippen molar-refractivity contribution < 1.29 is 28.6 Å². The summed E-state index contributed by atoms with van der Waals surface area (Å²) in [5.74, 6) is -0.941. The number of ether oxygens (including phenoxy) is 3. The molecule has 0 saturated carbocycles. The maximum atomic E-state index is 12.9. The van der Waals surface area contributed by atoms with Crippen LogP contribution in [0.4, 0.5) is 0 Å². The molecule has 0 aromatic carbocycles. The summed E-state index contributed by atoms with van der Waals surface area (Å²) in [5, 5.41) is 0. The van der Waals surface area contributed by atoms with Gasteiger partial charge in [0.05, 0.1) is 0 Å². The van der Waals surface area contributed by atoms with Crippen LogP contribution in [0.1, 0.15) is 342 Å². The van der Waals surface area contributed by atoms with Crippen LogP contribution in [0.15, 0.2) is 85.1 Å². The molecule has 456 valence electrons. The van der Waals surface area contributed by atoms with Crippen LogP contribution in [0.2, 0.25) is 0 Å². The van der Waals surface area contributed by atoms with Crippen LogP contribution in [-0.4, -0.2) is 37.2 Å². The van der Waals surface area contributed by atoms with Crippen LogP contribution in [0.25, 0.3) is 0 Å². The summed E-state index contributed by atoms with van der Waals surface area (Å²) in [5.41, 5.74) is 0. The second kappa shape index (κ2) is 67.1. The van der Waals surface area contributed by atoms with Crippen molar-refractivity contribution in [2.24, 2.45) is 0 Å². The Hall–Kier alpha value is -3.41. The topological polar surface area (TPSA) is 78.9 Å². The maximum absolute atomic E-state index is 12.9. The van der Waals surface area contributed by atoms with Crippen molar-refractivity contribution >= 4 is 17.9 Å². The van der Waals surface area contributed by atoms with Crippen LogP contribution in [0, 0.1) is 0 Å². The molecule has 6 nitrogen and oxygen atoms in total. The van der Waals surface area contributed by atoms with Gasteiger partial charge in [-0.05, 0) is 109 Å². The molecule has 1 atom stereocenters. The van der Waals surface area contributed by atoms with Crippen molar-refractivity contribution in [3.05, 3.63) is 85.1 Å². The van der Waals surface area contributed by atoms with Crippen LogP contribution >= 0.6 is 0 Å². The summed E-state index contributed by atoms with van der Waals surface area (Å²) < 4.78 is 16.9. The van der Waals surface area contributed by atoms with E-state index < -0.39 is 6.10 Å². The van der Waals surface area contributed by atoms with Crippen LogP contribution < -0.4 is 0 Å². The highest BCUT2D eigenvalue weighted by atomic mass is 16.6. The van der Waals surface area contributed by atoms with Gasteiger partial charge in [0.2, 0.25) is 0 Å². The third kappa shape index (κ3) is 65.3. The predicted octanol–water partition coefficient (Wildman–Crippen LogP) is 23.4. The van der Waals surface area contributed by atoms with Gasteiger partial charge in [-0.15, -0.1) is 0 Å². The molecule has 0 aliphatic carbocycles. The van der Waals surface area contributed by atoms with Gasteiger partial charge in [0.15, 0.2) is 6.10 Å². The summed E-state index contributed by atoms with van der Waals surface area (Å²) in [4.78, 5) is 38.4. The Morgan fingerprint density at radius 1 is 0.266 bits per heavy atom. The standard InChI is InChI=1S/C73H128O6/c1-4-7-10-13-16-19-22-25-28-31-33-34-35-36-37-38-40-42-45-48-51-54-57-60-63-66-72(75)78-69-70(68-77-71(74)65-62-59-56-53-50-47-44-41-30-27-24-21-18-15-12-9-6-3)79-73(76)67-64-61-58-55-52-49-46-43-39-32-29-26-23-20-17-14-11-8-5-2/h9,12,18,21,26-27,29-31,33,44,47,53,56,70H,4-8,10-11,13-17,19-20,22-25,28,32,34-43,45-46,48-52,54-55,57-69H2,1-3H3/b12-9-,21-18-,29-26-,30-27-,33-31-,47-44-,56-53-. The highest BCUT2D eigenvalue weighted by Crippen LogP contribution is 2.17. The molecular formula is C73H128O6. The fourth-order valence-electron chi connectivity index (χ4n) is 9.76. The predicted molar refractivity (Wildman–Crippen MR) is 344 cm³/mol. The zero-order valence-corrected chi connectivity index (χ0v) is 52.4. The summed E-state index contributed by atoms with van der Waals surface area (Å²) in [6.45, 7) is 6.52. The molecule has 0 heterocycles. The zero-order valence-electron chi connectivity index (χ0n) is 52.4. The van der Waals surface area contributed by atoms with Gasteiger partial charge < -0.3 is 14.2 Å². The molecule has 0 saturated heterocycles. The summed E-state index contributed by atoms with van der Waals surface area (Å²) >= 11 is 0. The molecule has 0 amide bonds. The quantitative estimate of drug-likeness (QED) is 0.0261. The largest absolute Gasteiger partial charge is 0.462 e. The van der Waals surface area contributed by atoms with Gasteiger partial charge in [-0.3, -0.25) is 14.4 Å². The van der Waals surface area contributed by atoms with Crippen molar-refractivity contribution in [1.82, 2.24) is 0 Å². The van der Waals surface area contributed by atoms with E-state index in [1.54, 1.807) is 0 Å². The summed E-state index contributed by atoms with van der Waals surface area (Å²) in [6, 6.07) is 0. The van der Waals surface area contributed by atoms with E-state index in [0.29, 0.717) is 19.3 Å². The molecule has 0 aliphatic heterocycles. The minimum atomic E-state index is -0.802. The Balaban J connectivity index is 4.37. The number of rotatable bonds is 62. The second-order valence-corrected chi connectivity index (χ2v) is 22.7. The molecule has 0 aliphatic rings. The van der Waals surface area contributed by atoms with E-state index in [9.17, 15) is 14.4 Å². The van der Waals surface area contributed by atoms with E-state index in [1.807, 2.05) is 0 Å². The Morgan fingerprint density at radius 2 is 0.506 bits per heavy atom. The molecule has 1 unspecified atom stereocenters. The average molecular weight is 1100 g/mol. The minimum Gasteiger partial charge on any atom is -0.462 e. The van der Waals surface area contributed by atoms with Crippen molar-refractivity contribution in [1.29, 1.82) is 0 Å². The average Bonchev–Trinajstić information content (AvgIpc) is 3.45. The first-order chi connectivity index (χ1) is 39.0. The van der Waals surface area contributed by atoms with Crippen molar-refractivity contribution in [2.75, 3.05) is 13.2 Å². The van der Waals surface area contributed by atoms with Crippen molar-refractivity contribution in [2.45, 2.75) is 348 Å². The van der Waals surface area contributed by atoms with E-state index in [1.165, 1.54) is 218 Å². The fraction of sp³-hybridized carbons (Fsp3) is 0.767. The Labute approximate surface area is 490 Å². The zero-order chi connectivity index (χ0) is 57.1. The van der Waals surface area contributed by atoms with Gasteiger partial charge in [-0.2, -0.15) is 0 Å². The number of allylic oxidation sites excluding steroid dienone is 14. The molecule has 0 aromatic rings. The first kappa shape index (κ1) is 75.6. The van der Waals surface area contributed by atoms with Gasteiger partial charge in [-0.1, -0.05) is 298 Å². The summed E-state index contributed by atoms with van der Waals surface area (Å²) in [7, 11) is 0. The number of hydrogen-bond donors (Lipinski definition) is 0. The van der Waals surface area contributed by atoms with E-state index in [0.717, 1.165) is 77.0 Å². The Kier molecular flexibility index (Phi) is 64.2. The molecule has 0 aromatic heterocycles. The molecule has 0 radical (unpaired) electrons. The van der Waals surface area contributed by atoms with Gasteiger partial charge in [0.1, 0.15) is 13.2 Å². The number of esters is 3. The number of carbonyl (C=O) groups excluding carboxylic acids is 3. The van der Waals surface area contributed by atoms with Crippen LogP contribution in [0.3, 0.4) is 0 Å². The summed E-state index contributed by atoms with van der Waals surface area (Å²) in [6.07, 6.45) is 88.9. The molecule has 0 N–H and O–H groups in total. The lowest BCUT2D eigenvalue weighted by atomic mass is 10.0. The van der Waals surface area contributed by atoms with Gasteiger partial charge >= 0.3 is 17.9 Å². The number of unbranched alkanes of at least 4 members (excludes halogenated alkanes) is 37. The molecule has 0 spiro atoms. The third-order valence-corrected chi connectivity index (χ3v) is 14.9. The van der Waals surface area contributed by atoms with Gasteiger partial charge in [-0.25, -0.2) is 0 Å². The monoisotopic (exact) mass is 1100 g/mol. The van der Waals surface area contributed by atoms with Gasteiger partial charge in [0.25, 0.3) is 0 Å². The first-order valence-corrected chi connectivity index (χ1v) is 34.1. The first-order valence-electron chi connectivity index (χ1n) is 34.1. The van der Waals surface area contributed by atoms with Crippen LogP contribution in [0.5, 0.6) is 0 Å². The third-order valence-electron chi connectivity index (χ3n) is 14.9.